The van der Waals surface area contributed by atoms with Crippen molar-refractivity contribution in [3.63, 3.8) is 0 Å². The maximum Gasteiger partial charge on any atom is 0.337 e. The van der Waals surface area contributed by atoms with Crippen LogP contribution in [-0.2, 0) is 24.3 Å². The van der Waals surface area contributed by atoms with Crippen LogP contribution in [0.3, 0.4) is 0 Å². The SMILES string of the molecule is COC(=O)CN(c1ccc(C(=O)OC)cc1)S(=O)(=O)c1cccs1. The molecule has 0 bridgehead atoms. The van der Waals surface area contributed by atoms with Crippen molar-refractivity contribution in [3.05, 3.63) is 47.3 Å². The van der Waals surface area contributed by atoms with Crippen molar-refractivity contribution < 1.29 is 27.5 Å². The summed E-state index contributed by atoms with van der Waals surface area (Å²) in [7, 11) is -1.49. The Morgan fingerprint density at radius 3 is 2.25 bits per heavy atom. The first-order valence-corrected chi connectivity index (χ1v) is 9.03. The van der Waals surface area contributed by atoms with Crippen molar-refractivity contribution in [3.8, 4) is 0 Å². The average Bonchev–Trinajstić information content (AvgIpc) is 3.14. The molecule has 0 amide bonds. The van der Waals surface area contributed by atoms with Crippen LogP contribution in [0.1, 0.15) is 10.4 Å². The second kappa shape index (κ2) is 7.45. The molecular weight excluding hydrogens is 354 g/mol. The van der Waals surface area contributed by atoms with E-state index < -0.39 is 28.5 Å². The maximum absolute atomic E-state index is 12.8. The van der Waals surface area contributed by atoms with Gasteiger partial charge >= 0.3 is 11.9 Å². The quantitative estimate of drug-likeness (QED) is 0.723. The fraction of sp³-hybridized carbons (Fsp3) is 0.200. The van der Waals surface area contributed by atoms with Crippen LogP contribution < -0.4 is 4.31 Å². The highest BCUT2D eigenvalue weighted by atomic mass is 32.2. The van der Waals surface area contributed by atoms with Crippen molar-refractivity contribution in [2.45, 2.75) is 4.21 Å². The van der Waals surface area contributed by atoms with Gasteiger partial charge in [-0.1, -0.05) is 6.07 Å². The Bertz CT molecular complexity index is 812. The molecular formula is C15H15NO6S2. The Morgan fingerprint density at radius 1 is 1.08 bits per heavy atom. The molecule has 2 rings (SSSR count). The molecule has 7 nitrogen and oxygen atoms in total. The number of sulfonamides is 1. The zero-order valence-corrected chi connectivity index (χ0v) is 14.6. The molecule has 0 N–H and O–H groups in total. The third kappa shape index (κ3) is 3.74. The minimum absolute atomic E-state index is 0.100. The normalized spacial score (nSPS) is 10.9. The van der Waals surface area contributed by atoms with E-state index in [1.54, 1.807) is 11.4 Å². The van der Waals surface area contributed by atoms with E-state index in [2.05, 4.69) is 9.47 Å². The topological polar surface area (TPSA) is 90.0 Å². The van der Waals surface area contributed by atoms with Crippen molar-refractivity contribution in [1.29, 1.82) is 0 Å². The number of anilines is 1. The first-order valence-electron chi connectivity index (χ1n) is 6.71. The second-order valence-electron chi connectivity index (χ2n) is 4.56. The molecule has 24 heavy (non-hydrogen) atoms. The summed E-state index contributed by atoms with van der Waals surface area (Å²) in [6, 6.07) is 8.77. The number of benzene rings is 1. The van der Waals surface area contributed by atoms with Gasteiger partial charge < -0.3 is 9.47 Å². The zero-order valence-electron chi connectivity index (χ0n) is 13.0. The minimum atomic E-state index is -3.92. The third-order valence-electron chi connectivity index (χ3n) is 3.12. The number of hydrogen-bond acceptors (Lipinski definition) is 7. The molecule has 0 fully saturated rings. The molecule has 0 aliphatic carbocycles. The van der Waals surface area contributed by atoms with E-state index in [9.17, 15) is 18.0 Å². The van der Waals surface area contributed by atoms with Crippen LogP contribution in [0.4, 0.5) is 5.69 Å². The van der Waals surface area contributed by atoms with Gasteiger partial charge in [0.2, 0.25) is 0 Å². The van der Waals surface area contributed by atoms with Crippen molar-refractivity contribution in [2.24, 2.45) is 0 Å². The number of esters is 2. The summed E-state index contributed by atoms with van der Waals surface area (Å²) >= 11 is 1.04. The van der Waals surface area contributed by atoms with Crippen LogP contribution >= 0.6 is 11.3 Å². The van der Waals surface area contributed by atoms with Crippen LogP contribution in [-0.4, -0.2) is 41.1 Å². The first-order chi connectivity index (χ1) is 11.4. The third-order valence-corrected chi connectivity index (χ3v) is 6.26. The Labute approximate surface area is 143 Å². The van der Waals surface area contributed by atoms with Gasteiger partial charge in [0, 0.05) is 0 Å². The van der Waals surface area contributed by atoms with Crippen molar-refractivity contribution >= 4 is 39.0 Å². The molecule has 0 saturated heterocycles. The number of hydrogen-bond donors (Lipinski definition) is 0. The lowest BCUT2D eigenvalue weighted by molar-refractivity contribution is -0.138. The number of ether oxygens (including phenoxy) is 2. The summed E-state index contributed by atoms with van der Waals surface area (Å²) in [5.41, 5.74) is 0.509. The highest BCUT2D eigenvalue weighted by Crippen LogP contribution is 2.26. The molecule has 2 aromatic rings. The van der Waals surface area contributed by atoms with Gasteiger partial charge in [-0.2, -0.15) is 0 Å². The standard InChI is InChI=1S/C15H15NO6S2/c1-21-13(17)10-16(24(19,20)14-4-3-9-23-14)12-7-5-11(6-8-12)15(18)22-2/h3-9H,10H2,1-2H3. The lowest BCUT2D eigenvalue weighted by atomic mass is 10.2. The number of rotatable bonds is 6. The number of nitrogens with zero attached hydrogens (tertiary/aromatic N) is 1. The summed E-state index contributed by atoms with van der Waals surface area (Å²) in [6.07, 6.45) is 0. The lowest BCUT2D eigenvalue weighted by Crippen LogP contribution is -2.36. The minimum Gasteiger partial charge on any atom is -0.468 e. The summed E-state index contributed by atoms with van der Waals surface area (Å²) in [4.78, 5) is 23.1. The molecule has 1 aromatic heterocycles. The van der Waals surface area contributed by atoms with Crippen LogP contribution in [0, 0.1) is 0 Å². The number of carbonyl (C=O) groups is 2. The fourth-order valence-electron chi connectivity index (χ4n) is 1.90. The number of carbonyl (C=O) groups excluding carboxylic acids is 2. The lowest BCUT2D eigenvalue weighted by Gasteiger charge is -2.22. The monoisotopic (exact) mass is 369 g/mol. The molecule has 1 heterocycles. The molecule has 0 aliphatic rings. The first kappa shape index (κ1) is 18.0. The summed E-state index contributed by atoms with van der Waals surface area (Å²) in [6.45, 7) is -0.478. The molecule has 0 spiro atoms. The van der Waals surface area contributed by atoms with Gasteiger partial charge in [0.15, 0.2) is 0 Å². The van der Waals surface area contributed by atoms with Gasteiger partial charge in [-0.05, 0) is 35.7 Å². The molecule has 128 valence electrons. The van der Waals surface area contributed by atoms with E-state index in [0.29, 0.717) is 0 Å². The molecule has 0 unspecified atom stereocenters. The fourth-order valence-corrected chi connectivity index (χ4v) is 4.41. The molecule has 0 atom stereocenters. The molecule has 1 aromatic carbocycles. The van der Waals surface area contributed by atoms with Gasteiger partial charge in [0.05, 0.1) is 25.5 Å². The number of thiophene rings is 1. The maximum atomic E-state index is 12.8. The van der Waals surface area contributed by atoms with Gasteiger partial charge in [0.1, 0.15) is 10.8 Å². The Hall–Kier alpha value is -2.39. The van der Waals surface area contributed by atoms with Crippen molar-refractivity contribution in [1.82, 2.24) is 0 Å². The number of methoxy groups -OCH3 is 2. The Kier molecular flexibility index (Phi) is 5.58. The van der Waals surface area contributed by atoms with Crippen LogP contribution in [0.15, 0.2) is 46.0 Å². The van der Waals surface area contributed by atoms with Gasteiger partial charge in [0.25, 0.3) is 10.0 Å². The zero-order chi connectivity index (χ0) is 17.7. The predicted octanol–water partition coefficient (Wildman–Crippen LogP) is 1.90. The van der Waals surface area contributed by atoms with Gasteiger partial charge in [-0.3, -0.25) is 9.10 Å². The van der Waals surface area contributed by atoms with Gasteiger partial charge in [-0.15, -0.1) is 11.3 Å². The second-order valence-corrected chi connectivity index (χ2v) is 7.60. The van der Waals surface area contributed by atoms with E-state index in [1.807, 2.05) is 0 Å². The van der Waals surface area contributed by atoms with Crippen LogP contribution in [0.25, 0.3) is 0 Å². The van der Waals surface area contributed by atoms with E-state index in [4.69, 9.17) is 0 Å². The Balaban J connectivity index is 2.43. The summed E-state index contributed by atoms with van der Waals surface area (Å²) in [5.74, 6) is -1.24. The van der Waals surface area contributed by atoms with E-state index >= 15 is 0 Å². The molecule has 9 heteroatoms. The summed E-state index contributed by atoms with van der Waals surface area (Å²) in [5, 5.41) is 1.63. The predicted molar refractivity (Wildman–Crippen MR) is 88.6 cm³/mol. The van der Waals surface area contributed by atoms with Gasteiger partial charge in [-0.25, -0.2) is 13.2 Å². The van der Waals surface area contributed by atoms with Crippen LogP contribution in [0.2, 0.25) is 0 Å². The van der Waals surface area contributed by atoms with E-state index in [0.717, 1.165) is 15.6 Å². The van der Waals surface area contributed by atoms with E-state index in [1.165, 1.54) is 44.6 Å². The average molecular weight is 369 g/mol. The largest absolute Gasteiger partial charge is 0.468 e. The van der Waals surface area contributed by atoms with E-state index in [-0.39, 0.29) is 15.5 Å². The molecule has 0 saturated carbocycles. The molecule has 0 radical (unpaired) electrons. The highest BCUT2D eigenvalue weighted by molar-refractivity contribution is 7.94. The Morgan fingerprint density at radius 2 is 1.75 bits per heavy atom. The molecule has 0 aliphatic heterocycles. The summed E-state index contributed by atoms with van der Waals surface area (Å²) < 4.78 is 35.7. The highest BCUT2D eigenvalue weighted by Gasteiger charge is 2.28. The smallest absolute Gasteiger partial charge is 0.337 e. The van der Waals surface area contributed by atoms with Crippen molar-refractivity contribution in [2.75, 3.05) is 25.1 Å². The van der Waals surface area contributed by atoms with Crippen LogP contribution in [0.5, 0.6) is 0 Å².